The summed E-state index contributed by atoms with van der Waals surface area (Å²) in [5.41, 5.74) is 11.7. The van der Waals surface area contributed by atoms with E-state index >= 15 is 0 Å². The number of ketones is 2. The Morgan fingerprint density at radius 1 is 1.03 bits per heavy atom. The number of carbonyl (C=O) groups excluding carboxylic acids is 2. The molecule has 10 heteroatoms. The Bertz CT molecular complexity index is 1150. The Hall–Kier alpha value is -1.75. The maximum Gasteiger partial charge on any atom is 1.00 e. The minimum atomic E-state index is -4.96. The van der Waals surface area contributed by atoms with Crippen LogP contribution in [0.3, 0.4) is 0 Å². The molecule has 0 amide bonds. The summed E-state index contributed by atoms with van der Waals surface area (Å²) in [4.78, 5) is 25.6. The van der Waals surface area contributed by atoms with Gasteiger partial charge in [0.2, 0.25) is 0 Å². The third kappa shape index (κ3) is 3.93. The van der Waals surface area contributed by atoms with E-state index < -0.39 is 32.3 Å². The van der Waals surface area contributed by atoms with E-state index in [1.54, 1.807) is 12.1 Å². The van der Waals surface area contributed by atoms with Crippen molar-refractivity contribution in [3.8, 4) is 0 Å². The molecular formula is C20H20N3NaO5S. The molecule has 8 nitrogen and oxygen atoms in total. The second kappa shape index (κ2) is 8.41. The number of fused-ring (bicyclic) bond motifs is 2. The Kier molecular flexibility index (Phi) is 6.43. The van der Waals surface area contributed by atoms with Crippen LogP contribution in [0.15, 0.2) is 35.2 Å². The molecule has 4 rings (SSSR count). The SMILES string of the molecule is Nc1c(S(=O)(=O)[O-])cc(NC2CCCC(N)C2)c2c1C(=O)c1ccccc1C2=O.[Na+]. The van der Waals surface area contributed by atoms with Crippen molar-refractivity contribution in [2.24, 2.45) is 5.73 Å². The first kappa shape index (κ1) is 22.9. The Morgan fingerprint density at radius 2 is 1.63 bits per heavy atom. The quantitative estimate of drug-likeness (QED) is 0.258. The van der Waals surface area contributed by atoms with Crippen molar-refractivity contribution < 1.29 is 52.1 Å². The number of nitrogen functional groups attached to an aromatic ring is 1. The van der Waals surface area contributed by atoms with Gasteiger partial charge in [-0.25, -0.2) is 8.42 Å². The van der Waals surface area contributed by atoms with Gasteiger partial charge in [-0.15, -0.1) is 0 Å². The van der Waals surface area contributed by atoms with Gasteiger partial charge < -0.3 is 21.3 Å². The normalized spacial score (nSPS) is 20.7. The van der Waals surface area contributed by atoms with Crippen molar-refractivity contribution in [3.63, 3.8) is 0 Å². The van der Waals surface area contributed by atoms with Crippen molar-refractivity contribution >= 4 is 33.1 Å². The summed E-state index contributed by atoms with van der Waals surface area (Å²) in [7, 11) is -4.96. The molecule has 0 saturated heterocycles. The van der Waals surface area contributed by atoms with Crippen molar-refractivity contribution in [3.05, 3.63) is 52.6 Å². The van der Waals surface area contributed by atoms with Crippen molar-refractivity contribution in [1.29, 1.82) is 0 Å². The summed E-state index contributed by atoms with van der Waals surface area (Å²) in [5, 5.41) is 3.15. The van der Waals surface area contributed by atoms with Gasteiger partial charge in [0, 0.05) is 28.9 Å². The summed E-state index contributed by atoms with van der Waals surface area (Å²) in [6.45, 7) is 0. The van der Waals surface area contributed by atoms with Crippen LogP contribution in [-0.2, 0) is 10.1 Å². The summed E-state index contributed by atoms with van der Waals surface area (Å²) in [5.74, 6) is -1.03. The summed E-state index contributed by atoms with van der Waals surface area (Å²) in [6.07, 6.45) is 3.14. The van der Waals surface area contributed by atoms with E-state index in [1.165, 1.54) is 12.1 Å². The second-order valence-electron chi connectivity index (χ2n) is 7.51. The number of hydrogen-bond acceptors (Lipinski definition) is 8. The predicted octanol–water partition coefficient (Wildman–Crippen LogP) is -1.37. The van der Waals surface area contributed by atoms with E-state index in [-0.39, 0.29) is 69.6 Å². The predicted molar refractivity (Wildman–Crippen MR) is 106 cm³/mol. The molecule has 2 aliphatic rings. The fraction of sp³-hybridized carbons (Fsp3) is 0.300. The van der Waals surface area contributed by atoms with Crippen molar-refractivity contribution in [2.45, 2.75) is 42.7 Å². The van der Waals surface area contributed by atoms with Gasteiger partial charge in [-0.1, -0.05) is 24.3 Å². The van der Waals surface area contributed by atoms with Crippen LogP contribution in [0.4, 0.5) is 11.4 Å². The smallest absolute Gasteiger partial charge is 0.744 e. The monoisotopic (exact) mass is 437 g/mol. The van der Waals surface area contributed by atoms with Crippen LogP contribution in [0.1, 0.15) is 57.5 Å². The molecule has 30 heavy (non-hydrogen) atoms. The topological polar surface area (TPSA) is 155 Å². The average molecular weight is 437 g/mol. The Labute approximate surface area is 196 Å². The number of benzene rings is 2. The van der Waals surface area contributed by atoms with Gasteiger partial charge in [0.05, 0.1) is 21.7 Å². The molecule has 5 N–H and O–H groups in total. The van der Waals surface area contributed by atoms with Gasteiger partial charge in [0.15, 0.2) is 11.6 Å². The molecule has 2 aromatic rings. The maximum absolute atomic E-state index is 13.2. The third-order valence-electron chi connectivity index (χ3n) is 5.54. The minimum absolute atomic E-state index is 0. The fourth-order valence-corrected chi connectivity index (χ4v) is 4.83. The Balaban J connectivity index is 0.00000256. The van der Waals surface area contributed by atoms with E-state index in [1.807, 2.05) is 0 Å². The van der Waals surface area contributed by atoms with Crippen LogP contribution in [0.2, 0.25) is 0 Å². The van der Waals surface area contributed by atoms with E-state index in [0.717, 1.165) is 25.3 Å². The fourth-order valence-electron chi connectivity index (χ4n) is 4.19. The van der Waals surface area contributed by atoms with Crippen LogP contribution in [0, 0.1) is 0 Å². The van der Waals surface area contributed by atoms with E-state index in [2.05, 4.69) is 5.32 Å². The number of nitrogens with two attached hydrogens (primary N) is 2. The van der Waals surface area contributed by atoms with Gasteiger partial charge >= 0.3 is 29.6 Å². The number of rotatable bonds is 3. The van der Waals surface area contributed by atoms with Crippen molar-refractivity contribution in [2.75, 3.05) is 11.1 Å². The summed E-state index contributed by atoms with van der Waals surface area (Å²) < 4.78 is 35.4. The van der Waals surface area contributed by atoms with E-state index in [9.17, 15) is 22.6 Å². The molecule has 0 heterocycles. The summed E-state index contributed by atoms with van der Waals surface area (Å²) in [6, 6.07) is 7.18. The van der Waals surface area contributed by atoms with E-state index in [4.69, 9.17) is 11.5 Å². The number of carbonyl (C=O) groups is 2. The molecular weight excluding hydrogens is 417 g/mol. The van der Waals surface area contributed by atoms with Crippen LogP contribution < -0.4 is 46.3 Å². The molecule has 2 unspecified atom stereocenters. The number of anilines is 2. The molecule has 0 spiro atoms. The maximum atomic E-state index is 13.2. The number of nitrogens with one attached hydrogen (secondary N) is 1. The molecule has 1 saturated carbocycles. The minimum Gasteiger partial charge on any atom is -0.744 e. The van der Waals surface area contributed by atoms with Gasteiger partial charge in [-0.3, -0.25) is 9.59 Å². The molecule has 152 valence electrons. The molecule has 0 aromatic heterocycles. The largest absolute Gasteiger partial charge is 1.00 e. The molecule has 2 atom stereocenters. The first-order chi connectivity index (χ1) is 13.7. The van der Waals surface area contributed by atoms with Gasteiger partial charge in [-0.05, 0) is 31.7 Å². The molecule has 0 bridgehead atoms. The van der Waals surface area contributed by atoms with Gasteiger partial charge in [0.1, 0.15) is 10.1 Å². The van der Waals surface area contributed by atoms with Crippen LogP contribution >= 0.6 is 0 Å². The Morgan fingerprint density at radius 3 is 2.20 bits per heavy atom. The first-order valence-electron chi connectivity index (χ1n) is 9.31. The first-order valence-corrected chi connectivity index (χ1v) is 10.7. The van der Waals surface area contributed by atoms with Crippen LogP contribution in [0.5, 0.6) is 0 Å². The zero-order chi connectivity index (χ0) is 20.9. The zero-order valence-corrected chi connectivity index (χ0v) is 19.3. The molecule has 0 aliphatic heterocycles. The molecule has 2 aliphatic carbocycles. The summed E-state index contributed by atoms with van der Waals surface area (Å²) >= 11 is 0. The molecule has 2 aromatic carbocycles. The van der Waals surface area contributed by atoms with Gasteiger partial charge in [0.25, 0.3) is 0 Å². The van der Waals surface area contributed by atoms with Gasteiger partial charge in [-0.2, -0.15) is 0 Å². The van der Waals surface area contributed by atoms with Crippen LogP contribution in [-0.4, -0.2) is 36.6 Å². The van der Waals surface area contributed by atoms with Crippen LogP contribution in [0.25, 0.3) is 0 Å². The molecule has 1 fully saturated rings. The molecule has 0 radical (unpaired) electrons. The van der Waals surface area contributed by atoms with Crippen molar-refractivity contribution in [1.82, 2.24) is 0 Å². The second-order valence-corrected chi connectivity index (χ2v) is 8.86. The zero-order valence-electron chi connectivity index (χ0n) is 16.5. The standard InChI is InChI=1S/C20H21N3O5S.Na/c21-10-4-3-5-11(8-10)23-14-9-15(29(26,27)28)18(22)17-16(14)19(24)12-6-1-2-7-13(12)20(17)25;/h1-2,6-7,9-11,23H,3-5,8,21-22H2,(H,26,27,28);/q;+1/p-1. The average Bonchev–Trinajstić information content (AvgIpc) is 2.66. The number of hydrogen-bond donors (Lipinski definition) is 3. The third-order valence-corrected chi connectivity index (χ3v) is 6.42. The van der Waals surface area contributed by atoms with E-state index in [0.29, 0.717) is 6.42 Å².